The summed E-state index contributed by atoms with van der Waals surface area (Å²) in [6.45, 7) is 0.0423. The van der Waals surface area contributed by atoms with Crippen LogP contribution in [-0.2, 0) is 11.1 Å². The van der Waals surface area contributed by atoms with Crippen LogP contribution in [0.25, 0.3) is 16.8 Å². The number of aromatic nitrogens is 2. The van der Waals surface area contributed by atoms with Crippen molar-refractivity contribution in [3.63, 3.8) is 0 Å². The van der Waals surface area contributed by atoms with E-state index in [1.54, 1.807) is 59.5 Å². The van der Waals surface area contributed by atoms with Crippen molar-refractivity contribution in [2.75, 3.05) is 0 Å². The summed E-state index contributed by atoms with van der Waals surface area (Å²) in [6, 6.07) is 7.88. The van der Waals surface area contributed by atoms with Crippen LogP contribution in [0.15, 0.2) is 85.5 Å². The molecular weight excluding hydrogens is 592 g/mol. The smallest absolute Gasteiger partial charge is 0.367 e. The van der Waals surface area contributed by atoms with Gasteiger partial charge in [0.05, 0.1) is 14.8 Å². The number of allylic oxidation sites excluding steroid dienone is 4. The van der Waals surface area contributed by atoms with E-state index in [-0.39, 0.29) is 37.8 Å². The summed E-state index contributed by atoms with van der Waals surface area (Å²) in [5.74, 6) is 0. The first kappa shape index (κ1) is 32.1. The first-order chi connectivity index (χ1) is 17.9. The topological polar surface area (TPSA) is 195 Å². The average Bonchev–Trinajstić information content (AvgIpc) is 2.88. The third-order valence-corrected chi connectivity index (χ3v) is 7.77. The Morgan fingerprint density at radius 1 is 0.825 bits per heavy atom. The van der Waals surface area contributed by atoms with Crippen molar-refractivity contribution in [2.24, 2.45) is 0 Å². The van der Waals surface area contributed by atoms with Gasteiger partial charge >= 0.3 is 24.7 Å². The summed E-state index contributed by atoms with van der Waals surface area (Å²) >= 11 is 0. The molecule has 210 valence electrons. The van der Waals surface area contributed by atoms with Crippen LogP contribution in [0.3, 0.4) is 0 Å². The normalized spacial score (nSPS) is 15.9. The first-order valence-corrected chi connectivity index (χ1v) is 12.6. The van der Waals surface area contributed by atoms with Crippen LogP contribution in [0.5, 0.6) is 0 Å². The van der Waals surface area contributed by atoms with Gasteiger partial charge in [0, 0.05) is 24.3 Å². The van der Waals surface area contributed by atoms with Crippen molar-refractivity contribution in [3.05, 3.63) is 116 Å². The Bertz CT molecular complexity index is 1520. The van der Waals surface area contributed by atoms with Crippen LogP contribution in [-0.4, -0.2) is 29.7 Å². The summed E-state index contributed by atoms with van der Waals surface area (Å²) in [4.78, 5) is 51.4. The summed E-state index contributed by atoms with van der Waals surface area (Å²) in [5.41, 5.74) is -1.45. The van der Waals surface area contributed by atoms with Gasteiger partial charge in [-0.1, -0.05) is 24.3 Å². The van der Waals surface area contributed by atoms with Gasteiger partial charge in [-0.15, -0.1) is 0 Å². The van der Waals surface area contributed by atoms with Gasteiger partial charge < -0.3 is 34.6 Å². The molecule has 0 spiro atoms. The van der Waals surface area contributed by atoms with E-state index in [0.29, 0.717) is 23.3 Å². The van der Waals surface area contributed by atoms with Crippen molar-refractivity contribution < 1.29 is 63.1 Å². The zero-order valence-corrected chi connectivity index (χ0v) is 22.6. The second-order valence-corrected chi connectivity index (χ2v) is 10.5. The van der Waals surface area contributed by atoms with E-state index < -0.39 is 50.3 Å². The van der Waals surface area contributed by atoms with Crippen LogP contribution in [0.2, 0.25) is 0 Å². The minimum atomic E-state index is -4.47. The fourth-order valence-corrected chi connectivity index (χ4v) is 5.13. The maximum atomic E-state index is 12.2. The molecule has 2 aromatic heterocycles. The lowest BCUT2D eigenvalue weighted by Gasteiger charge is -2.28. The third kappa shape index (κ3) is 6.38. The van der Waals surface area contributed by atoms with Crippen molar-refractivity contribution in [1.29, 1.82) is 0 Å². The maximum Gasteiger partial charge on any atom is 0.367 e. The molecule has 2 heterocycles. The Labute approximate surface area is 238 Å². The quantitative estimate of drug-likeness (QED) is 0.116. The predicted octanol–water partition coefficient (Wildman–Crippen LogP) is -2.92. The van der Waals surface area contributed by atoms with Gasteiger partial charge in [-0.3, -0.25) is 34.9 Å². The molecule has 14 nitrogen and oxygen atoms in total. The van der Waals surface area contributed by atoms with E-state index >= 15 is 0 Å². The Morgan fingerprint density at radius 2 is 1.32 bits per heavy atom. The second kappa shape index (κ2) is 12.4. The number of pyridine rings is 2. The highest BCUT2D eigenvalue weighted by molar-refractivity contribution is 7.53. The Kier molecular flexibility index (Phi) is 9.97. The van der Waals surface area contributed by atoms with Crippen molar-refractivity contribution >= 4 is 24.7 Å². The van der Waals surface area contributed by atoms with Gasteiger partial charge in [-0.05, 0) is 17.5 Å². The molecule has 0 fully saturated rings. The number of hydrogen-bond acceptors (Lipinski definition) is 7. The molecule has 1 aliphatic rings. The van der Waals surface area contributed by atoms with Crippen molar-refractivity contribution in [3.8, 4) is 16.8 Å². The molecule has 0 amide bonds. The predicted molar refractivity (Wildman–Crippen MR) is 131 cm³/mol. The summed E-state index contributed by atoms with van der Waals surface area (Å²) in [5, 5.41) is 32.9. The highest BCUT2D eigenvalue weighted by Crippen LogP contribution is 2.54. The number of non-ortho nitro benzene ring substituents is 1. The Balaban J connectivity index is 0.00000280. The van der Waals surface area contributed by atoms with Crippen LogP contribution in [0.4, 0.5) is 17.1 Å². The van der Waals surface area contributed by atoms with Crippen molar-refractivity contribution in [1.82, 2.24) is 0 Å². The lowest BCUT2D eigenvalue weighted by atomic mass is 9.99. The molecule has 0 aliphatic heterocycles. The molecule has 0 radical (unpaired) electrons. The van der Waals surface area contributed by atoms with Crippen LogP contribution in [0.1, 0.15) is 6.42 Å². The van der Waals surface area contributed by atoms with Gasteiger partial charge in [0.15, 0.2) is 36.5 Å². The number of nitro benzene ring substituents is 3. The lowest BCUT2D eigenvalue weighted by Crippen LogP contribution is -3.00. The molecule has 1 aliphatic carbocycles. The van der Waals surface area contributed by atoms with Gasteiger partial charge in [0.1, 0.15) is 12.1 Å². The minimum absolute atomic E-state index is 0. The molecule has 1 atom stereocenters. The summed E-state index contributed by atoms with van der Waals surface area (Å²) in [6.07, 6.45) is 12.8. The van der Waals surface area contributed by atoms with Crippen LogP contribution >= 0.6 is 7.60 Å². The van der Waals surface area contributed by atoms with E-state index in [1.807, 2.05) is 0 Å². The fraction of sp³-hybridized carbons (Fsp3) is 0.130. The highest BCUT2D eigenvalue weighted by atomic mass is 35.5. The number of nitro groups is 3. The van der Waals surface area contributed by atoms with E-state index in [4.69, 9.17) is 0 Å². The van der Waals surface area contributed by atoms with E-state index in [1.165, 1.54) is 18.5 Å². The van der Waals surface area contributed by atoms with Crippen LogP contribution < -0.4 is 33.9 Å². The maximum absolute atomic E-state index is 12.2. The largest absolute Gasteiger partial charge is 1.00 e. The van der Waals surface area contributed by atoms with Gasteiger partial charge in [-0.25, -0.2) is 4.57 Å². The number of nitrogens with zero attached hydrogens (tertiary/aromatic N) is 5. The molecule has 0 saturated heterocycles. The van der Waals surface area contributed by atoms with Gasteiger partial charge in [0.25, 0.3) is 5.69 Å². The van der Waals surface area contributed by atoms with Gasteiger partial charge in [0.2, 0.25) is 0 Å². The lowest BCUT2D eigenvalue weighted by molar-refractivity contribution is -0.699. The van der Waals surface area contributed by atoms with Crippen LogP contribution in [0, 0.1) is 30.3 Å². The first-order valence-electron chi connectivity index (χ1n) is 10.9. The van der Waals surface area contributed by atoms with Gasteiger partial charge in [-0.2, -0.15) is 4.57 Å². The standard InChI is InChI=1S/C23H18N5O9P.2ClH/c29-26(30)19-14-20(27(31)32)22(21(15-19)28(33)34)25-12-6-18(7-13-25)17-4-10-24(11-5-17)16-23(38(35,36)37)8-2-1-3-9-23;;/h1-8,10-15H,9,16H2;2*1H. The highest BCUT2D eigenvalue weighted by Gasteiger charge is 2.48. The number of halogens is 2. The van der Waals surface area contributed by atoms with Crippen molar-refractivity contribution in [2.45, 2.75) is 18.1 Å². The molecule has 1 unspecified atom stereocenters. The Hall–Kier alpha value is -4.07. The molecule has 4 rings (SSSR count). The van der Waals surface area contributed by atoms with E-state index in [2.05, 4.69) is 0 Å². The third-order valence-electron chi connectivity index (χ3n) is 6.13. The molecule has 2 N–H and O–H groups in total. The molecular formula is C23H20Cl2N5O9P. The second-order valence-electron chi connectivity index (χ2n) is 8.50. The molecule has 0 saturated carbocycles. The van der Waals surface area contributed by atoms with E-state index in [9.17, 15) is 44.7 Å². The summed E-state index contributed by atoms with van der Waals surface area (Å²) in [7, 11) is -4.47. The zero-order chi connectivity index (χ0) is 27.7. The molecule has 17 heteroatoms. The Morgan fingerprint density at radius 3 is 1.73 bits per heavy atom. The SMILES string of the molecule is O=[N+]([O-])c1cc([N+](=O)[O-])c(-[n+]2ccc(-c3cc[n+](CC4(P(=O)(O)O)C=CC=CC4)cc3)cc2)c([N+](=O)[O-])c1.[Cl-].[Cl-]. The number of hydrogen-bond donors (Lipinski definition) is 2. The molecule has 40 heavy (non-hydrogen) atoms. The fourth-order valence-electron chi connectivity index (χ4n) is 4.16. The summed E-state index contributed by atoms with van der Waals surface area (Å²) < 4.78 is 15.0. The number of rotatable bonds is 8. The monoisotopic (exact) mass is 611 g/mol. The zero-order valence-electron chi connectivity index (χ0n) is 20.2. The average molecular weight is 612 g/mol. The number of benzene rings is 1. The minimum Gasteiger partial charge on any atom is -1.00 e. The van der Waals surface area contributed by atoms with E-state index in [0.717, 1.165) is 4.57 Å². The molecule has 3 aromatic rings. The molecule has 1 aromatic carbocycles. The molecule has 0 bridgehead atoms.